The minimum Gasteiger partial charge on any atom is -0.497 e. The van der Waals surface area contributed by atoms with E-state index in [1.54, 1.807) is 14.2 Å². The van der Waals surface area contributed by atoms with Gasteiger partial charge in [0, 0.05) is 44.9 Å². The summed E-state index contributed by atoms with van der Waals surface area (Å²) >= 11 is 0. The lowest BCUT2D eigenvalue weighted by molar-refractivity contribution is 0.0673. The Bertz CT molecular complexity index is 554. The summed E-state index contributed by atoms with van der Waals surface area (Å²) in [7, 11) is 3.33. The molecule has 2 heterocycles. The molecule has 1 spiro atoms. The molecule has 1 aromatic rings. The second kappa shape index (κ2) is 7.81. The van der Waals surface area contributed by atoms with Crippen LogP contribution in [0.3, 0.4) is 0 Å². The Labute approximate surface area is 144 Å². The van der Waals surface area contributed by atoms with Crippen LogP contribution in [0.4, 0.5) is 4.39 Å². The quantitative estimate of drug-likeness (QED) is 0.797. The van der Waals surface area contributed by atoms with Crippen molar-refractivity contribution in [1.29, 1.82) is 0 Å². The number of benzene rings is 1. The van der Waals surface area contributed by atoms with Crippen molar-refractivity contribution in [2.45, 2.75) is 25.8 Å². The minimum atomic E-state index is -0.166. The van der Waals surface area contributed by atoms with Gasteiger partial charge in [0.2, 0.25) is 0 Å². The van der Waals surface area contributed by atoms with E-state index in [-0.39, 0.29) is 5.82 Å². The maximum Gasteiger partial charge on any atom is 0.131 e. The molecule has 0 N–H and O–H groups in total. The topological polar surface area (TPSA) is 24.9 Å². The van der Waals surface area contributed by atoms with Crippen molar-refractivity contribution in [3.05, 3.63) is 29.6 Å². The van der Waals surface area contributed by atoms with E-state index in [4.69, 9.17) is 9.47 Å². The zero-order valence-corrected chi connectivity index (χ0v) is 14.9. The van der Waals surface area contributed by atoms with E-state index >= 15 is 0 Å². The standard InChI is InChI=1S/C19H29FN2O2/c1-23-11-10-21-8-3-6-19(14-21)7-9-22(15-19)13-16-4-5-17(24-2)12-18(16)20/h4-5,12H,3,6-11,13-15H2,1-2H3. The Morgan fingerprint density at radius 1 is 1.12 bits per heavy atom. The summed E-state index contributed by atoms with van der Waals surface area (Å²) < 4.78 is 24.5. The van der Waals surface area contributed by atoms with E-state index in [1.165, 1.54) is 31.9 Å². The van der Waals surface area contributed by atoms with Crippen molar-refractivity contribution in [2.75, 3.05) is 53.6 Å². The highest BCUT2D eigenvalue weighted by Crippen LogP contribution is 2.39. The Morgan fingerprint density at radius 2 is 1.96 bits per heavy atom. The van der Waals surface area contributed by atoms with Crippen molar-refractivity contribution in [3.8, 4) is 5.75 Å². The predicted octanol–water partition coefficient (Wildman–Crippen LogP) is 2.77. The molecule has 1 unspecified atom stereocenters. The molecule has 2 aliphatic heterocycles. The molecule has 0 aromatic heterocycles. The summed E-state index contributed by atoms with van der Waals surface area (Å²) in [6, 6.07) is 5.18. The number of nitrogens with zero attached hydrogens (tertiary/aromatic N) is 2. The van der Waals surface area contributed by atoms with Gasteiger partial charge in [-0.3, -0.25) is 4.90 Å². The summed E-state index contributed by atoms with van der Waals surface area (Å²) in [5.41, 5.74) is 1.15. The Morgan fingerprint density at radius 3 is 2.71 bits per heavy atom. The molecule has 5 heteroatoms. The average Bonchev–Trinajstić information content (AvgIpc) is 2.96. The Kier molecular flexibility index (Phi) is 5.74. The third-order valence-electron chi connectivity index (χ3n) is 5.52. The third-order valence-corrected chi connectivity index (χ3v) is 5.52. The van der Waals surface area contributed by atoms with Crippen LogP contribution in [0.5, 0.6) is 5.75 Å². The number of piperidine rings is 1. The molecule has 24 heavy (non-hydrogen) atoms. The fourth-order valence-electron chi connectivity index (χ4n) is 4.24. The van der Waals surface area contributed by atoms with Crippen molar-refractivity contribution >= 4 is 0 Å². The lowest BCUT2D eigenvalue weighted by Gasteiger charge is -2.40. The second-order valence-corrected chi connectivity index (χ2v) is 7.29. The van der Waals surface area contributed by atoms with E-state index in [2.05, 4.69) is 9.80 Å². The maximum absolute atomic E-state index is 14.2. The lowest BCUT2D eigenvalue weighted by Crippen LogP contribution is -2.45. The third kappa shape index (κ3) is 4.08. The van der Waals surface area contributed by atoms with Gasteiger partial charge in [0.05, 0.1) is 13.7 Å². The van der Waals surface area contributed by atoms with Gasteiger partial charge in [-0.2, -0.15) is 0 Å². The molecule has 1 aromatic carbocycles. The van der Waals surface area contributed by atoms with E-state index in [0.29, 0.717) is 17.7 Å². The molecular formula is C19H29FN2O2. The molecule has 134 valence electrons. The number of hydrogen-bond donors (Lipinski definition) is 0. The van der Waals surface area contributed by atoms with Crippen LogP contribution >= 0.6 is 0 Å². The van der Waals surface area contributed by atoms with Crippen LogP contribution < -0.4 is 4.74 Å². The van der Waals surface area contributed by atoms with Gasteiger partial charge in [0.15, 0.2) is 0 Å². The number of ether oxygens (including phenoxy) is 2. The van der Waals surface area contributed by atoms with Crippen molar-refractivity contribution < 1.29 is 13.9 Å². The normalized spacial score (nSPS) is 25.5. The van der Waals surface area contributed by atoms with Crippen LogP contribution in [-0.2, 0) is 11.3 Å². The zero-order valence-electron chi connectivity index (χ0n) is 14.9. The first-order valence-corrected chi connectivity index (χ1v) is 8.90. The van der Waals surface area contributed by atoms with Crippen LogP contribution in [0.1, 0.15) is 24.8 Å². The predicted molar refractivity (Wildman–Crippen MR) is 92.8 cm³/mol. The van der Waals surface area contributed by atoms with Crippen LogP contribution in [0.2, 0.25) is 0 Å². The van der Waals surface area contributed by atoms with Gasteiger partial charge < -0.3 is 14.4 Å². The number of rotatable bonds is 6. The van der Waals surface area contributed by atoms with Gasteiger partial charge in [-0.05, 0) is 43.8 Å². The highest BCUT2D eigenvalue weighted by molar-refractivity contribution is 5.29. The summed E-state index contributed by atoms with van der Waals surface area (Å²) in [6.45, 7) is 6.97. The molecule has 0 saturated carbocycles. The SMILES string of the molecule is COCCN1CCCC2(CCN(Cc3ccc(OC)cc3F)C2)C1. The molecule has 2 saturated heterocycles. The summed E-state index contributed by atoms with van der Waals surface area (Å²) in [6.07, 6.45) is 3.76. The highest BCUT2D eigenvalue weighted by Gasteiger charge is 2.41. The monoisotopic (exact) mass is 336 g/mol. The number of hydrogen-bond acceptors (Lipinski definition) is 4. The molecule has 4 nitrogen and oxygen atoms in total. The zero-order chi connectivity index (χ0) is 17.0. The molecule has 0 aliphatic carbocycles. The molecule has 2 fully saturated rings. The van der Waals surface area contributed by atoms with Crippen LogP contribution in [0.15, 0.2) is 18.2 Å². The molecular weight excluding hydrogens is 307 g/mol. The van der Waals surface area contributed by atoms with Gasteiger partial charge in [-0.15, -0.1) is 0 Å². The molecule has 2 aliphatic rings. The molecule has 3 rings (SSSR count). The average molecular weight is 336 g/mol. The van der Waals surface area contributed by atoms with Crippen LogP contribution in [0, 0.1) is 11.2 Å². The number of methoxy groups -OCH3 is 2. The van der Waals surface area contributed by atoms with Crippen molar-refractivity contribution in [3.63, 3.8) is 0 Å². The van der Waals surface area contributed by atoms with Gasteiger partial charge in [-0.1, -0.05) is 6.07 Å². The van der Waals surface area contributed by atoms with Gasteiger partial charge in [0.25, 0.3) is 0 Å². The summed E-state index contributed by atoms with van der Waals surface area (Å²) in [5.74, 6) is 0.413. The first kappa shape index (κ1) is 17.6. The van der Waals surface area contributed by atoms with Crippen LogP contribution in [0.25, 0.3) is 0 Å². The molecule has 0 radical (unpaired) electrons. The first-order chi connectivity index (χ1) is 11.6. The van der Waals surface area contributed by atoms with Crippen molar-refractivity contribution in [2.24, 2.45) is 5.41 Å². The molecule has 1 atom stereocenters. The van der Waals surface area contributed by atoms with Crippen molar-refractivity contribution in [1.82, 2.24) is 9.80 Å². The fourth-order valence-corrected chi connectivity index (χ4v) is 4.24. The first-order valence-electron chi connectivity index (χ1n) is 8.90. The summed E-state index contributed by atoms with van der Waals surface area (Å²) in [4.78, 5) is 4.94. The van der Waals surface area contributed by atoms with E-state index < -0.39 is 0 Å². The van der Waals surface area contributed by atoms with Crippen LogP contribution in [-0.4, -0.2) is 63.4 Å². The van der Waals surface area contributed by atoms with E-state index in [0.717, 1.165) is 38.3 Å². The number of likely N-dealkylation sites (tertiary alicyclic amines) is 2. The van der Waals surface area contributed by atoms with E-state index in [1.807, 2.05) is 12.1 Å². The Balaban J connectivity index is 1.58. The molecule has 0 bridgehead atoms. The summed E-state index contributed by atoms with van der Waals surface area (Å²) in [5, 5.41) is 0. The Hall–Kier alpha value is -1.17. The number of halogens is 1. The highest BCUT2D eigenvalue weighted by atomic mass is 19.1. The van der Waals surface area contributed by atoms with Gasteiger partial charge in [-0.25, -0.2) is 4.39 Å². The van der Waals surface area contributed by atoms with Gasteiger partial charge >= 0.3 is 0 Å². The smallest absolute Gasteiger partial charge is 0.131 e. The van der Waals surface area contributed by atoms with Gasteiger partial charge in [0.1, 0.15) is 11.6 Å². The van der Waals surface area contributed by atoms with E-state index in [9.17, 15) is 4.39 Å². The lowest BCUT2D eigenvalue weighted by atomic mass is 9.79. The molecule has 0 amide bonds. The second-order valence-electron chi connectivity index (χ2n) is 7.29. The fraction of sp³-hybridized carbons (Fsp3) is 0.684. The largest absolute Gasteiger partial charge is 0.497 e. The maximum atomic E-state index is 14.2. The minimum absolute atomic E-state index is 0.166.